The fourth-order valence-corrected chi connectivity index (χ4v) is 2.81. The van der Waals surface area contributed by atoms with E-state index >= 15 is 0 Å². The topological polar surface area (TPSA) is 44.4 Å². The van der Waals surface area contributed by atoms with Gasteiger partial charge in [-0.2, -0.15) is 0 Å². The number of carbonyl (C=O) groups is 1. The van der Waals surface area contributed by atoms with Gasteiger partial charge in [0.2, 0.25) is 5.91 Å². The summed E-state index contributed by atoms with van der Waals surface area (Å²) in [6.45, 7) is 10.7. The highest BCUT2D eigenvalue weighted by Gasteiger charge is 2.22. The first-order valence-corrected chi connectivity index (χ1v) is 8.43. The fourth-order valence-electron chi connectivity index (χ4n) is 2.81. The van der Waals surface area contributed by atoms with Crippen molar-refractivity contribution in [2.45, 2.75) is 71.4 Å². The van der Waals surface area contributed by atoms with Crippen molar-refractivity contribution in [2.75, 3.05) is 26.2 Å². The zero-order valence-corrected chi connectivity index (χ0v) is 13.6. The molecular formula is C16H33N3O. The predicted molar refractivity (Wildman–Crippen MR) is 84.9 cm³/mol. The Morgan fingerprint density at radius 1 is 1.20 bits per heavy atom. The van der Waals surface area contributed by atoms with Crippen LogP contribution in [0.15, 0.2) is 0 Å². The highest BCUT2D eigenvalue weighted by Crippen LogP contribution is 2.11. The van der Waals surface area contributed by atoms with Crippen molar-refractivity contribution >= 4 is 5.91 Å². The highest BCUT2D eigenvalue weighted by molar-refractivity contribution is 5.81. The number of carbonyl (C=O) groups excluding carboxylic acids is 1. The van der Waals surface area contributed by atoms with E-state index in [1.807, 2.05) is 6.92 Å². The smallest absolute Gasteiger partial charge is 0.236 e. The quantitative estimate of drug-likeness (QED) is 0.637. The second-order valence-corrected chi connectivity index (χ2v) is 6.00. The Balaban J connectivity index is 2.15. The first-order chi connectivity index (χ1) is 9.67. The van der Waals surface area contributed by atoms with Crippen LogP contribution in [0.4, 0.5) is 0 Å². The van der Waals surface area contributed by atoms with Crippen LogP contribution in [0.3, 0.4) is 0 Å². The van der Waals surface area contributed by atoms with Gasteiger partial charge in [0.15, 0.2) is 0 Å². The highest BCUT2D eigenvalue weighted by atomic mass is 16.2. The Labute approximate surface area is 124 Å². The number of nitrogens with one attached hydrogen (secondary N) is 2. The standard InChI is InChI=1S/C16H33N3O/c1-4-6-7-10-17-16(20)14(3)18-15-8-12-19(11-5-2)13-9-15/h14-15,18H,4-13H2,1-3H3,(H,17,20). The molecule has 0 bridgehead atoms. The van der Waals surface area contributed by atoms with Crippen molar-refractivity contribution in [1.29, 1.82) is 0 Å². The number of rotatable bonds is 9. The Hall–Kier alpha value is -0.610. The first kappa shape index (κ1) is 17.4. The molecule has 0 radical (unpaired) electrons. The zero-order chi connectivity index (χ0) is 14.8. The normalized spacial score (nSPS) is 18.9. The first-order valence-electron chi connectivity index (χ1n) is 8.43. The largest absolute Gasteiger partial charge is 0.355 e. The minimum absolute atomic E-state index is 0.0700. The Bertz CT molecular complexity index is 262. The molecule has 2 N–H and O–H groups in total. The number of nitrogens with zero attached hydrogens (tertiary/aromatic N) is 1. The van der Waals surface area contributed by atoms with E-state index in [1.165, 1.54) is 25.8 Å². The van der Waals surface area contributed by atoms with E-state index in [0.717, 1.165) is 38.9 Å². The molecular weight excluding hydrogens is 250 g/mol. The van der Waals surface area contributed by atoms with Crippen LogP contribution in [-0.4, -0.2) is 49.1 Å². The molecule has 0 saturated carbocycles. The van der Waals surface area contributed by atoms with Crippen LogP contribution in [-0.2, 0) is 4.79 Å². The summed E-state index contributed by atoms with van der Waals surface area (Å²) < 4.78 is 0. The van der Waals surface area contributed by atoms with Crippen molar-refractivity contribution in [3.63, 3.8) is 0 Å². The maximum Gasteiger partial charge on any atom is 0.236 e. The van der Waals surface area contributed by atoms with E-state index in [1.54, 1.807) is 0 Å². The minimum Gasteiger partial charge on any atom is -0.355 e. The van der Waals surface area contributed by atoms with Gasteiger partial charge in [0, 0.05) is 12.6 Å². The number of unbranched alkanes of at least 4 members (excludes halogenated alkanes) is 2. The van der Waals surface area contributed by atoms with Crippen LogP contribution in [0.2, 0.25) is 0 Å². The molecule has 0 spiro atoms. The molecule has 1 aliphatic heterocycles. The molecule has 0 aromatic heterocycles. The zero-order valence-electron chi connectivity index (χ0n) is 13.6. The van der Waals surface area contributed by atoms with Crippen LogP contribution in [0.5, 0.6) is 0 Å². The van der Waals surface area contributed by atoms with E-state index in [-0.39, 0.29) is 11.9 Å². The summed E-state index contributed by atoms with van der Waals surface area (Å²) >= 11 is 0. The fraction of sp³-hybridized carbons (Fsp3) is 0.938. The molecule has 0 aromatic carbocycles. The second-order valence-electron chi connectivity index (χ2n) is 6.00. The summed E-state index contributed by atoms with van der Waals surface area (Å²) in [4.78, 5) is 14.5. The van der Waals surface area contributed by atoms with Gasteiger partial charge < -0.3 is 15.5 Å². The van der Waals surface area contributed by atoms with E-state index in [9.17, 15) is 4.79 Å². The minimum atomic E-state index is -0.0700. The number of hydrogen-bond donors (Lipinski definition) is 2. The Morgan fingerprint density at radius 3 is 2.50 bits per heavy atom. The predicted octanol–water partition coefficient (Wildman–Crippen LogP) is 2.15. The van der Waals surface area contributed by atoms with Gasteiger partial charge in [-0.1, -0.05) is 26.7 Å². The van der Waals surface area contributed by atoms with Crippen molar-refractivity contribution in [3.8, 4) is 0 Å². The number of piperidine rings is 1. The molecule has 1 atom stereocenters. The van der Waals surface area contributed by atoms with Crippen LogP contribution in [0, 0.1) is 0 Å². The summed E-state index contributed by atoms with van der Waals surface area (Å²) in [5, 5.41) is 6.51. The lowest BCUT2D eigenvalue weighted by atomic mass is 10.0. The molecule has 1 rings (SSSR count). The van der Waals surface area contributed by atoms with E-state index < -0.39 is 0 Å². The van der Waals surface area contributed by atoms with E-state index in [0.29, 0.717) is 6.04 Å². The average Bonchev–Trinajstić information content (AvgIpc) is 2.45. The van der Waals surface area contributed by atoms with Gasteiger partial charge in [0.25, 0.3) is 0 Å². The molecule has 1 aliphatic rings. The summed E-state index contributed by atoms with van der Waals surface area (Å²) in [7, 11) is 0. The maximum atomic E-state index is 12.0. The number of amides is 1. The molecule has 1 saturated heterocycles. The summed E-state index contributed by atoms with van der Waals surface area (Å²) in [5.41, 5.74) is 0. The second kappa shape index (κ2) is 10.2. The van der Waals surface area contributed by atoms with Crippen molar-refractivity contribution in [3.05, 3.63) is 0 Å². The third-order valence-corrected chi connectivity index (χ3v) is 4.09. The van der Waals surface area contributed by atoms with Gasteiger partial charge in [-0.3, -0.25) is 4.79 Å². The van der Waals surface area contributed by atoms with Gasteiger partial charge in [-0.15, -0.1) is 0 Å². The Morgan fingerprint density at radius 2 is 1.90 bits per heavy atom. The van der Waals surface area contributed by atoms with Crippen LogP contribution in [0.1, 0.15) is 59.3 Å². The third kappa shape index (κ3) is 6.71. The van der Waals surface area contributed by atoms with Crippen molar-refractivity contribution < 1.29 is 4.79 Å². The molecule has 1 amide bonds. The summed E-state index contributed by atoms with van der Waals surface area (Å²) in [6.07, 6.45) is 7.03. The molecule has 1 fully saturated rings. The van der Waals surface area contributed by atoms with Gasteiger partial charge in [-0.25, -0.2) is 0 Å². The Kier molecular flexibility index (Phi) is 8.86. The molecule has 1 heterocycles. The van der Waals surface area contributed by atoms with Crippen molar-refractivity contribution in [1.82, 2.24) is 15.5 Å². The molecule has 20 heavy (non-hydrogen) atoms. The molecule has 118 valence electrons. The van der Waals surface area contributed by atoms with Gasteiger partial charge in [0.05, 0.1) is 6.04 Å². The lowest BCUT2D eigenvalue weighted by Gasteiger charge is -2.33. The molecule has 4 heteroatoms. The van der Waals surface area contributed by atoms with E-state index in [2.05, 4.69) is 29.4 Å². The van der Waals surface area contributed by atoms with Crippen molar-refractivity contribution in [2.24, 2.45) is 0 Å². The average molecular weight is 283 g/mol. The molecule has 1 unspecified atom stereocenters. The lowest BCUT2D eigenvalue weighted by molar-refractivity contribution is -0.123. The van der Waals surface area contributed by atoms with Gasteiger partial charge >= 0.3 is 0 Å². The SMILES string of the molecule is CCCCCNC(=O)C(C)NC1CCN(CCC)CC1. The van der Waals surface area contributed by atoms with Crippen LogP contribution < -0.4 is 10.6 Å². The summed E-state index contributed by atoms with van der Waals surface area (Å²) in [5.74, 6) is 0.150. The maximum absolute atomic E-state index is 12.0. The monoisotopic (exact) mass is 283 g/mol. The van der Waals surface area contributed by atoms with Crippen LogP contribution >= 0.6 is 0 Å². The van der Waals surface area contributed by atoms with Gasteiger partial charge in [0.1, 0.15) is 0 Å². The third-order valence-electron chi connectivity index (χ3n) is 4.09. The summed E-state index contributed by atoms with van der Waals surface area (Å²) in [6, 6.07) is 0.429. The van der Waals surface area contributed by atoms with Crippen LogP contribution in [0.25, 0.3) is 0 Å². The van der Waals surface area contributed by atoms with Gasteiger partial charge in [-0.05, 0) is 52.2 Å². The number of likely N-dealkylation sites (tertiary alicyclic amines) is 1. The molecule has 0 aromatic rings. The molecule has 0 aliphatic carbocycles. The molecule has 4 nitrogen and oxygen atoms in total. The lowest BCUT2D eigenvalue weighted by Crippen LogP contribution is -2.50. The van der Waals surface area contributed by atoms with E-state index in [4.69, 9.17) is 0 Å². The number of hydrogen-bond acceptors (Lipinski definition) is 3.